The van der Waals surface area contributed by atoms with E-state index < -0.39 is 0 Å². The Labute approximate surface area is 201 Å². The first-order chi connectivity index (χ1) is 17.1. The third-order valence-electron chi connectivity index (χ3n) is 6.38. The van der Waals surface area contributed by atoms with Crippen LogP contribution in [0.15, 0.2) is 67.4 Å². The van der Waals surface area contributed by atoms with Crippen molar-refractivity contribution in [1.29, 1.82) is 0 Å². The fourth-order valence-corrected chi connectivity index (χ4v) is 4.52. The van der Waals surface area contributed by atoms with E-state index in [4.69, 9.17) is 4.74 Å². The number of benzene rings is 2. The minimum atomic E-state index is -0.242. The van der Waals surface area contributed by atoms with Gasteiger partial charge in [0, 0.05) is 41.5 Å². The van der Waals surface area contributed by atoms with Gasteiger partial charge in [-0.05, 0) is 48.4 Å². The Morgan fingerprint density at radius 1 is 1.00 bits per heavy atom. The Morgan fingerprint density at radius 3 is 2.77 bits per heavy atom. The summed E-state index contributed by atoms with van der Waals surface area (Å²) in [7, 11) is 0. The van der Waals surface area contributed by atoms with Gasteiger partial charge in [0.05, 0.1) is 18.4 Å². The van der Waals surface area contributed by atoms with Crippen molar-refractivity contribution in [3.63, 3.8) is 0 Å². The molecule has 4 heterocycles. The fourth-order valence-electron chi connectivity index (χ4n) is 4.52. The number of halogens is 1. The van der Waals surface area contributed by atoms with E-state index in [0.717, 1.165) is 50.6 Å². The predicted molar refractivity (Wildman–Crippen MR) is 132 cm³/mol. The highest BCUT2D eigenvalue weighted by Gasteiger charge is 2.21. The number of nitrogens with zero attached hydrogens (tertiary/aromatic N) is 5. The smallest absolute Gasteiger partial charge is 0.177 e. The highest BCUT2D eigenvalue weighted by Crippen LogP contribution is 2.32. The normalized spacial score (nSPS) is 13.4. The molecule has 1 N–H and O–H groups in total. The topological polar surface area (TPSA) is 79.8 Å². The van der Waals surface area contributed by atoms with Gasteiger partial charge in [0.1, 0.15) is 30.3 Å². The summed E-state index contributed by atoms with van der Waals surface area (Å²) >= 11 is 0. The molecule has 0 saturated heterocycles. The summed E-state index contributed by atoms with van der Waals surface area (Å²) in [4.78, 5) is 23.1. The molecule has 2 aromatic carbocycles. The molecule has 7 nitrogen and oxygen atoms in total. The van der Waals surface area contributed by atoms with Crippen molar-refractivity contribution >= 4 is 17.0 Å². The zero-order valence-electron chi connectivity index (χ0n) is 19.2. The standard InChI is InChI=1S/C27H23FN6O/c1-17-23(10-18-2-5-22(28)6-3-18)27(33-15-30-17)34-8-9-35-25-7-4-19(11-21(25)14-34)20-12-24-26(29-13-20)32-16-31-24/h2-7,11-13,15-16H,8-10,14H2,1H3,(H,29,31,32). The van der Waals surface area contributed by atoms with E-state index in [1.165, 1.54) is 12.1 Å². The molecule has 1 aliphatic rings. The molecule has 0 bridgehead atoms. The van der Waals surface area contributed by atoms with E-state index in [1.54, 1.807) is 12.7 Å². The summed E-state index contributed by atoms with van der Waals surface area (Å²) in [6, 6.07) is 14.9. The van der Waals surface area contributed by atoms with E-state index >= 15 is 0 Å². The van der Waals surface area contributed by atoms with Crippen LogP contribution in [0.2, 0.25) is 0 Å². The van der Waals surface area contributed by atoms with Crippen LogP contribution in [0, 0.1) is 12.7 Å². The summed E-state index contributed by atoms with van der Waals surface area (Å²) < 4.78 is 19.5. The van der Waals surface area contributed by atoms with Crippen LogP contribution in [0.1, 0.15) is 22.4 Å². The Kier molecular flexibility index (Phi) is 5.33. The van der Waals surface area contributed by atoms with Gasteiger partial charge in [-0.15, -0.1) is 0 Å². The Morgan fingerprint density at radius 2 is 1.89 bits per heavy atom. The first-order valence-corrected chi connectivity index (χ1v) is 11.5. The van der Waals surface area contributed by atoms with Crippen LogP contribution in [0.3, 0.4) is 0 Å². The number of H-pyrrole nitrogens is 1. The number of aryl methyl sites for hydroxylation is 1. The van der Waals surface area contributed by atoms with Gasteiger partial charge in [0.2, 0.25) is 0 Å². The lowest BCUT2D eigenvalue weighted by Gasteiger charge is -2.24. The number of pyridine rings is 1. The number of ether oxygens (including phenoxy) is 1. The molecule has 0 amide bonds. The molecule has 0 spiro atoms. The van der Waals surface area contributed by atoms with Gasteiger partial charge in [-0.2, -0.15) is 0 Å². The number of anilines is 1. The lowest BCUT2D eigenvalue weighted by Crippen LogP contribution is -2.28. The van der Waals surface area contributed by atoms with Crippen molar-refractivity contribution in [2.45, 2.75) is 19.9 Å². The van der Waals surface area contributed by atoms with E-state index in [2.05, 4.69) is 48.0 Å². The van der Waals surface area contributed by atoms with Crippen LogP contribution >= 0.6 is 0 Å². The number of aromatic amines is 1. The summed E-state index contributed by atoms with van der Waals surface area (Å²) in [5, 5.41) is 0. The molecule has 5 aromatic rings. The molecule has 8 heteroatoms. The maximum atomic E-state index is 13.4. The van der Waals surface area contributed by atoms with Crippen LogP contribution < -0.4 is 9.64 Å². The molecule has 0 fully saturated rings. The van der Waals surface area contributed by atoms with Crippen molar-refractivity contribution < 1.29 is 9.13 Å². The number of fused-ring (bicyclic) bond motifs is 2. The summed E-state index contributed by atoms with van der Waals surface area (Å²) in [5.74, 6) is 1.51. The third-order valence-corrected chi connectivity index (χ3v) is 6.38. The predicted octanol–water partition coefficient (Wildman–Crippen LogP) is 4.85. The minimum Gasteiger partial charge on any atom is -0.491 e. The second-order valence-corrected chi connectivity index (χ2v) is 8.65. The Hall–Kier alpha value is -4.33. The van der Waals surface area contributed by atoms with Gasteiger partial charge in [0.15, 0.2) is 5.65 Å². The highest BCUT2D eigenvalue weighted by atomic mass is 19.1. The zero-order valence-corrected chi connectivity index (χ0v) is 19.2. The molecule has 0 radical (unpaired) electrons. The quantitative estimate of drug-likeness (QED) is 0.408. The minimum absolute atomic E-state index is 0.242. The molecule has 3 aromatic heterocycles. The molecule has 35 heavy (non-hydrogen) atoms. The van der Waals surface area contributed by atoms with Gasteiger partial charge >= 0.3 is 0 Å². The average molecular weight is 467 g/mol. The highest BCUT2D eigenvalue weighted by molar-refractivity contribution is 5.78. The molecular weight excluding hydrogens is 443 g/mol. The molecule has 0 unspecified atom stereocenters. The van der Waals surface area contributed by atoms with Crippen molar-refractivity contribution in [3.05, 3.63) is 95.6 Å². The van der Waals surface area contributed by atoms with E-state index in [0.29, 0.717) is 31.8 Å². The number of hydrogen-bond donors (Lipinski definition) is 1. The lowest BCUT2D eigenvalue weighted by atomic mass is 10.0. The van der Waals surface area contributed by atoms with Crippen LogP contribution in [-0.4, -0.2) is 38.1 Å². The first-order valence-electron chi connectivity index (χ1n) is 11.5. The van der Waals surface area contributed by atoms with Crippen molar-refractivity contribution in [1.82, 2.24) is 24.9 Å². The number of aromatic nitrogens is 5. The second kappa shape index (κ2) is 8.79. The van der Waals surface area contributed by atoms with Gasteiger partial charge in [-0.1, -0.05) is 18.2 Å². The molecule has 1 aliphatic heterocycles. The second-order valence-electron chi connectivity index (χ2n) is 8.65. The summed E-state index contributed by atoms with van der Waals surface area (Å²) in [6.07, 6.45) is 5.72. The van der Waals surface area contributed by atoms with Gasteiger partial charge in [0.25, 0.3) is 0 Å². The molecule has 0 atom stereocenters. The number of nitrogens with one attached hydrogen (secondary N) is 1. The van der Waals surface area contributed by atoms with Crippen molar-refractivity contribution in [2.75, 3.05) is 18.1 Å². The van der Waals surface area contributed by atoms with E-state index in [9.17, 15) is 4.39 Å². The average Bonchev–Trinajstić information content (AvgIpc) is 3.24. The van der Waals surface area contributed by atoms with Gasteiger partial charge in [-0.3, -0.25) is 0 Å². The van der Waals surface area contributed by atoms with E-state index in [1.807, 2.05) is 31.3 Å². The molecule has 174 valence electrons. The first kappa shape index (κ1) is 21.2. The third kappa shape index (κ3) is 4.19. The maximum absolute atomic E-state index is 13.4. The van der Waals surface area contributed by atoms with E-state index in [-0.39, 0.29) is 5.82 Å². The van der Waals surface area contributed by atoms with Crippen molar-refractivity contribution in [3.8, 4) is 16.9 Å². The lowest BCUT2D eigenvalue weighted by molar-refractivity contribution is 0.331. The van der Waals surface area contributed by atoms with Crippen LogP contribution in [0.5, 0.6) is 5.75 Å². The van der Waals surface area contributed by atoms with Crippen LogP contribution in [0.25, 0.3) is 22.3 Å². The van der Waals surface area contributed by atoms with Crippen LogP contribution in [-0.2, 0) is 13.0 Å². The molecule has 0 saturated carbocycles. The summed E-state index contributed by atoms with van der Waals surface area (Å²) in [5.41, 5.74) is 7.71. The number of rotatable bonds is 4. The van der Waals surface area contributed by atoms with Crippen molar-refractivity contribution in [2.24, 2.45) is 0 Å². The molecular formula is C27H23FN6O. The SMILES string of the molecule is Cc1ncnc(N2CCOc3ccc(-c4cnc5nc[nH]c5c4)cc3C2)c1Cc1ccc(F)cc1. The zero-order chi connectivity index (χ0) is 23.8. The van der Waals surface area contributed by atoms with Gasteiger partial charge in [-0.25, -0.2) is 24.3 Å². The molecule has 0 aliphatic carbocycles. The van der Waals surface area contributed by atoms with Gasteiger partial charge < -0.3 is 14.6 Å². The molecule has 6 rings (SSSR count). The summed E-state index contributed by atoms with van der Waals surface area (Å²) in [6.45, 7) is 3.88. The largest absolute Gasteiger partial charge is 0.491 e. The maximum Gasteiger partial charge on any atom is 0.177 e. The number of hydrogen-bond acceptors (Lipinski definition) is 6. The Balaban J connectivity index is 1.34. The van der Waals surface area contributed by atoms with Crippen LogP contribution in [0.4, 0.5) is 10.2 Å². The number of imidazole rings is 1. The Bertz CT molecular complexity index is 1510. The fraction of sp³-hybridized carbons (Fsp3) is 0.185. The monoisotopic (exact) mass is 466 g/mol.